The molecule has 0 bridgehead atoms. The predicted molar refractivity (Wildman–Crippen MR) is 93.1 cm³/mol. The number of rotatable bonds is 5. The number of carbonyl (C=O) groups excluding carboxylic acids is 1. The monoisotopic (exact) mass is 326 g/mol. The number of carbonyl (C=O) groups is 2. The van der Waals surface area contributed by atoms with Crippen molar-refractivity contribution in [2.75, 3.05) is 0 Å². The van der Waals surface area contributed by atoms with Gasteiger partial charge in [0, 0.05) is 29.4 Å². The summed E-state index contributed by atoms with van der Waals surface area (Å²) in [4.78, 5) is 30.5. The number of nitrogens with zero attached hydrogens (tertiary/aromatic N) is 2. The summed E-state index contributed by atoms with van der Waals surface area (Å²) in [5, 5.41) is 9.41. The molecule has 126 valence electrons. The molecule has 5 nitrogen and oxygen atoms in total. The van der Waals surface area contributed by atoms with Crippen molar-refractivity contribution in [2.45, 2.75) is 39.8 Å². The molecule has 1 aromatic carbocycles. The number of pyridine rings is 1. The lowest BCUT2D eigenvalue weighted by molar-refractivity contribution is 0.0641. The van der Waals surface area contributed by atoms with Crippen molar-refractivity contribution >= 4 is 11.9 Å². The van der Waals surface area contributed by atoms with Crippen LogP contribution in [0.5, 0.6) is 0 Å². The molecule has 0 atom stereocenters. The summed E-state index contributed by atoms with van der Waals surface area (Å²) in [7, 11) is 0. The highest BCUT2D eigenvalue weighted by Gasteiger charge is 2.25. The summed E-state index contributed by atoms with van der Waals surface area (Å²) < 4.78 is 0. The topological polar surface area (TPSA) is 70.5 Å². The zero-order valence-electron chi connectivity index (χ0n) is 14.4. The molecule has 1 N–H and O–H groups in total. The van der Waals surface area contributed by atoms with E-state index in [0.717, 1.165) is 0 Å². The van der Waals surface area contributed by atoms with E-state index in [9.17, 15) is 14.7 Å². The zero-order valence-corrected chi connectivity index (χ0v) is 14.4. The van der Waals surface area contributed by atoms with E-state index in [1.807, 2.05) is 27.7 Å². The fraction of sp³-hybridized carbons (Fsp3) is 0.316. The lowest BCUT2D eigenvalue weighted by Gasteiger charge is -2.31. The molecule has 24 heavy (non-hydrogen) atoms. The molecular formula is C19H22N2O3. The maximum atomic E-state index is 13.1. The fourth-order valence-corrected chi connectivity index (χ4v) is 2.87. The van der Waals surface area contributed by atoms with Gasteiger partial charge in [-0.2, -0.15) is 0 Å². The molecule has 0 saturated heterocycles. The molecule has 1 aromatic heterocycles. The average Bonchev–Trinajstić information content (AvgIpc) is 2.54. The van der Waals surface area contributed by atoms with E-state index in [2.05, 4.69) is 4.98 Å². The van der Waals surface area contributed by atoms with Gasteiger partial charge in [0.1, 0.15) is 0 Å². The second-order valence-electron chi connectivity index (χ2n) is 6.15. The number of aromatic carboxylic acids is 1. The van der Waals surface area contributed by atoms with Crippen molar-refractivity contribution in [2.24, 2.45) is 0 Å². The zero-order chi connectivity index (χ0) is 17.9. The maximum Gasteiger partial charge on any atom is 0.337 e. The molecule has 0 fully saturated rings. The Hall–Kier alpha value is -2.69. The summed E-state index contributed by atoms with van der Waals surface area (Å²) in [6.07, 6.45) is 1.53. The minimum atomic E-state index is -1.06. The highest BCUT2D eigenvalue weighted by molar-refractivity contribution is 6.04. The van der Waals surface area contributed by atoms with Gasteiger partial charge in [0.15, 0.2) is 0 Å². The Morgan fingerprint density at radius 3 is 2.12 bits per heavy atom. The molecule has 0 aliphatic rings. The average molecular weight is 326 g/mol. The van der Waals surface area contributed by atoms with Gasteiger partial charge in [-0.25, -0.2) is 4.79 Å². The first-order chi connectivity index (χ1) is 11.3. The van der Waals surface area contributed by atoms with Crippen molar-refractivity contribution in [3.63, 3.8) is 0 Å². The second-order valence-corrected chi connectivity index (χ2v) is 6.15. The molecule has 0 saturated carbocycles. The lowest BCUT2D eigenvalue weighted by atomic mass is 9.98. The molecule has 1 amide bonds. The third-order valence-electron chi connectivity index (χ3n) is 3.80. The van der Waals surface area contributed by atoms with Gasteiger partial charge in [-0.3, -0.25) is 9.78 Å². The maximum absolute atomic E-state index is 13.1. The predicted octanol–water partition coefficient (Wildman–Crippen LogP) is 3.71. The van der Waals surface area contributed by atoms with Crippen LogP contribution in [0.2, 0.25) is 0 Å². The Labute approximate surface area is 142 Å². The van der Waals surface area contributed by atoms with Crippen LogP contribution in [0.1, 0.15) is 48.4 Å². The van der Waals surface area contributed by atoms with Gasteiger partial charge >= 0.3 is 5.97 Å². The van der Waals surface area contributed by atoms with Crippen LogP contribution in [0.4, 0.5) is 0 Å². The first kappa shape index (κ1) is 17.7. The second kappa shape index (κ2) is 7.25. The van der Waals surface area contributed by atoms with Gasteiger partial charge in [0.2, 0.25) is 0 Å². The number of aromatic nitrogens is 1. The summed E-state index contributed by atoms with van der Waals surface area (Å²) in [5.74, 6) is -1.19. The Bertz CT molecular complexity index is 746. The molecule has 0 aliphatic heterocycles. The Morgan fingerprint density at radius 2 is 1.54 bits per heavy atom. The molecule has 0 spiro atoms. The van der Waals surface area contributed by atoms with Crippen molar-refractivity contribution in [1.29, 1.82) is 0 Å². The smallest absolute Gasteiger partial charge is 0.337 e. The van der Waals surface area contributed by atoms with Gasteiger partial charge < -0.3 is 10.0 Å². The molecule has 0 radical (unpaired) electrons. The lowest BCUT2D eigenvalue weighted by Crippen LogP contribution is -2.42. The van der Waals surface area contributed by atoms with Gasteiger partial charge in [0.25, 0.3) is 5.91 Å². The summed E-state index contributed by atoms with van der Waals surface area (Å²) in [5.41, 5.74) is 1.38. The molecule has 1 heterocycles. The fourth-order valence-electron chi connectivity index (χ4n) is 2.87. The van der Waals surface area contributed by atoms with Crippen LogP contribution < -0.4 is 0 Å². The van der Waals surface area contributed by atoms with E-state index in [1.54, 1.807) is 35.2 Å². The number of hydrogen-bond donors (Lipinski definition) is 1. The Balaban J connectivity index is 2.61. The van der Waals surface area contributed by atoms with Crippen molar-refractivity contribution in [3.8, 4) is 11.3 Å². The van der Waals surface area contributed by atoms with E-state index in [1.165, 1.54) is 12.3 Å². The van der Waals surface area contributed by atoms with Crippen molar-refractivity contribution in [1.82, 2.24) is 9.88 Å². The third-order valence-corrected chi connectivity index (χ3v) is 3.80. The first-order valence-electron chi connectivity index (χ1n) is 7.95. The third kappa shape index (κ3) is 3.45. The number of benzene rings is 1. The van der Waals surface area contributed by atoms with Crippen LogP contribution in [0.15, 0.2) is 42.6 Å². The molecule has 2 rings (SSSR count). The highest BCUT2D eigenvalue weighted by Crippen LogP contribution is 2.27. The van der Waals surface area contributed by atoms with Gasteiger partial charge in [-0.05, 0) is 45.9 Å². The highest BCUT2D eigenvalue weighted by atomic mass is 16.4. The molecule has 0 aliphatic carbocycles. The molecule has 0 unspecified atom stereocenters. The quantitative estimate of drug-likeness (QED) is 0.909. The number of carboxylic acids is 1. The van der Waals surface area contributed by atoms with Crippen LogP contribution in [0, 0.1) is 0 Å². The van der Waals surface area contributed by atoms with E-state index in [-0.39, 0.29) is 23.6 Å². The van der Waals surface area contributed by atoms with Crippen LogP contribution in [-0.4, -0.2) is 39.0 Å². The van der Waals surface area contributed by atoms with Crippen LogP contribution in [-0.2, 0) is 0 Å². The minimum absolute atomic E-state index is 0.0354. The van der Waals surface area contributed by atoms with Crippen LogP contribution in [0.3, 0.4) is 0 Å². The van der Waals surface area contributed by atoms with Gasteiger partial charge in [-0.1, -0.05) is 18.2 Å². The minimum Gasteiger partial charge on any atom is -0.478 e. The Kier molecular flexibility index (Phi) is 5.34. The summed E-state index contributed by atoms with van der Waals surface area (Å²) >= 11 is 0. The van der Waals surface area contributed by atoms with Crippen molar-refractivity contribution in [3.05, 3.63) is 53.7 Å². The van der Waals surface area contributed by atoms with Gasteiger partial charge in [0.05, 0.1) is 11.3 Å². The van der Waals surface area contributed by atoms with E-state index in [4.69, 9.17) is 0 Å². The molecule has 2 aromatic rings. The molecule has 5 heteroatoms. The summed E-state index contributed by atoms with van der Waals surface area (Å²) in [6, 6.07) is 10.2. The van der Waals surface area contributed by atoms with E-state index >= 15 is 0 Å². The first-order valence-corrected chi connectivity index (χ1v) is 7.95. The van der Waals surface area contributed by atoms with Crippen LogP contribution >= 0.6 is 0 Å². The number of hydrogen-bond acceptors (Lipinski definition) is 3. The number of amides is 1. The van der Waals surface area contributed by atoms with Crippen LogP contribution in [0.25, 0.3) is 11.3 Å². The largest absolute Gasteiger partial charge is 0.478 e. The van der Waals surface area contributed by atoms with E-state index in [0.29, 0.717) is 16.8 Å². The van der Waals surface area contributed by atoms with Crippen molar-refractivity contribution < 1.29 is 14.7 Å². The summed E-state index contributed by atoms with van der Waals surface area (Å²) in [6.45, 7) is 7.85. The SMILES string of the molecule is CC(C)N(C(=O)c1ccccc1-c1ncccc1C(=O)O)C(C)C. The Morgan fingerprint density at radius 1 is 0.958 bits per heavy atom. The van der Waals surface area contributed by atoms with Gasteiger partial charge in [-0.15, -0.1) is 0 Å². The number of carboxylic acid groups (broad SMARTS) is 1. The normalized spacial score (nSPS) is 10.9. The molecular weight excluding hydrogens is 304 g/mol. The standard InChI is InChI=1S/C19H22N2O3/c1-12(2)21(13(3)4)18(22)15-9-6-5-8-14(15)17-16(19(23)24)10-7-11-20-17/h5-13H,1-4H3,(H,23,24). The van der Waals surface area contributed by atoms with E-state index < -0.39 is 5.97 Å².